The number of aliphatic hydroxyl groups is 1. The van der Waals surface area contributed by atoms with Gasteiger partial charge in [-0.15, -0.1) is 0 Å². The highest BCUT2D eigenvalue weighted by atomic mass is 79.9. The van der Waals surface area contributed by atoms with E-state index in [1.54, 1.807) is 181 Å². The normalized spacial score (nSPS) is 18.6. The summed E-state index contributed by atoms with van der Waals surface area (Å²) < 4.78 is 235. The Hall–Kier alpha value is -11.1. The number of pyridine rings is 4. The summed E-state index contributed by atoms with van der Waals surface area (Å²) in [7, 11) is -29.7. The van der Waals surface area contributed by atoms with Crippen molar-refractivity contribution in [2.45, 2.75) is 223 Å². The average molecular weight is 2230 g/mol. The van der Waals surface area contributed by atoms with E-state index in [2.05, 4.69) is 67.9 Å². The van der Waals surface area contributed by atoms with Crippen molar-refractivity contribution in [3.8, 4) is 24.3 Å². The van der Waals surface area contributed by atoms with Crippen molar-refractivity contribution in [1.29, 1.82) is 21.0 Å². The first-order valence-corrected chi connectivity index (χ1v) is 59.3. The standard InChI is InChI=1S/3C14H13N3O2S.C10H5BrN2.C9H19NO5S.C9H17NO5S.C6H13NO4S.C4H9NO2S.C4H7NO2S.C3H6O.CH5NO2S.CH4/c3*1-10-5-7-20(18,19)17(10)12-2-3-13-11(8-12)4-6-16-14(13)9-15;11-8-1-2-9-7(5-8)3-4-13-10(9)6-12;2*1-7(11)5-6-16(13,14)10-8(12)15-9(2,3)4;1-6(2,3)11-5(8)7-12(4,9)10;2*1-4-2-3-8(6,7)5-4;1-3-2-4-3;1-5(2,3)4;/h3*2-4,6,8,10H,5,7H2,1H3;1-5H;7,11H,5-6H2,1-4H3,(H,10,12);5-6H2,1-4H3,(H,10,12);1-4H3,(H,7,8);4-5H,2-3H2,1H3;2-3H2,1H3;3H,2H2,1H3;1H3,(H2,2,3,4);1H4/t2*10-;;;;;;;;;;/m10........../s1. The molecule has 6 aliphatic rings. The fourth-order valence-corrected chi connectivity index (χ4v) is 23.8. The summed E-state index contributed by atoms with van der Waals surface area (Å²) in [6, 6.07) is 37.2. The van der Waals surface area contributed by atoms with E-state index in [4.69, 9.17) is 40.4 Å². The van der Waals surface area contributed by atoms with E-state index in [0.717, 1.165) is 78.8 Å². The Kier molecular flexibility index (Phi) is 47.3. The number of hydrogen-bond donors (Lipinski definition) is 6. The van der Waals surface area contributed by atoms with Crippen LogP contribution in [0.15, 0.2) is 131 Å². The van der Waals surface area contributed by atoms with Gasteiger partial charge in [0.25, 0.3) is 10.0 Å². The summed E-state index contributed by atoms with van der Waals surface area (Å²) >= 11 is 3.38. The molecule has 44 nitrogen and oxygen atoms in total. The number of Topliss-reactive ketones (excluding diaryl/α,β-unsaturated/α-hetero) is 1. The Morgan fingerprint density at radius 3 is 1.03 bits per heavy atom. The van der Waals surface area contributed by atoms with Crippen molar-refractivity contribution in [3.05, 3.63) is 149 Å². The molecule has 7 N–H and O–H groups in total. The molecule has 10 heterocycles. The van der Waals surface area contributed by atoms with Crippen LogP contribution in [0.2, 0.25) is 0 Å². The zero-order chi connectivity index (χ0) is 108. The van der Waals surface area contributed by atoms with Crippen molar-refractivity contribution >= 4 is 196 Å². The van der Waals surface area contributed by atoms with Crippen molar-refractivity contribution in [3.63, 3.8) is 0 Å². The van der Waals surface area contributed by atoms with E-state index in [1.807, 2.05) is 70.2 Å². The SMILES string of the molecule is C.CC(=O)CCS(=O)(=O)NC(=O)OC(C)(C)C.CC(C)(C)OC(=O)NS(C)(=O)=O.CC(O)CCS(=O)(=O)NC(=O)OC(C)(C)C.CC1=NS(=O)(=O)CC1.CC1CCS(=O)(=O)N1.CC1CCS(=O)(=O)N1c1ccc2c(C#N)nccc2c1.CC1CO1.CS(N)(=O)=O.C[C@@H]1CCS(=O)(=O)N1c1ccc2c(C#N)nccc2c1.C[C@H]1CCS(=O)(=O)N1c1ccc2c(C#N)nccc2c1.N#Cc1nccc2cc(Br)ccc12. The van der Waals surface area contributed by atoms with Crippen LogP contribution in [0.25, 0.3) is 43.1 Å². The highest BCUT2D eigenvalue weighted by Gasteiger charge is 2.38. The van der Waals surface area contributed by atoms with E-state index in [1.165, 1.54) is 26.8 Å². The number of fused-ring (bicyclic) bond motifs is 4. The van der Waals surface area contributed by atoms with Gasteiger partial charge in [0, 0.05) is 93.5 Å². The van der Waals surface area contributed by atoms with Gasteiger partial charge in [0.05, 0.1) is 88.7 Å². The molecule has 0 aliphatic carbocycles. The minimum atomic E-state index is -3.79. The number of epoxide rings is 1. The van der Waals surface area contributed by atoms with Gasteiger partial charge in [0.1, 0.15) is 69.6 Å². The number of ketones is 1. The molecule has 5 saturated heterocycles. The molecule has 54 heteroatoms. The molecule has 6 aliphatic heterocycles. The number of amides is 3. The van der Waals surface area contributed by atoms with Gasteiger partial charge < -0.3 is 24.1 Å². The molecule has 4 unspecified atom stereocenters. The molecule has 8 aromatic rings. The number of rotatable bonds is 12. The number of primary sulfonamides is 1. The predicted molar refractivity (Wildman–Crippen MR) is 550 cm³/mol. The number of carbonyl (C=O) groups excluding carboxylic acids is 4. The van der Waals surface area contributed by atoms with Crippen LogP contribution in [0, 0.1) is 45.3 Å². The third-order valence-electron chi connectivity index (χ3n) is 18.8. The van der Waals surface area contributed by atoms with Crippen LogP contribution in [0.1, 0.15) is 193 Å². The highest BCUT2D eigenvalue weighted by molar-refractivity contribution is 9.10. The third kappa shape index (κ3) is 46.7. The number of aromatic nitrogens is 4. The van der Waals surface area contributed by atoms with Crippen LogP contribution < -0.4 is 36.9 Å². The monoisotopic (exact) mass is 2230 g/mol. The number of nitrogens with zero attached hydrogens (tertiary/aromatic N) is 12. The van der Waals surface area contributed by atoms with E-state index < -0.39 is 137 Å². The van der Waals surface area contributed by atoms with E-state index in [0.29, 0.717) is 77.4 Å². The zero-order valence-electron chi connectivity index (χ0n) is 81.7. The number of sulfonamides is 9. The van der Waals surface area contributed by atoms with Gasteiger partial charge in [-0.2, -0.15) is 25.4 Å². The largest absolute Gasteiger partial charge is 0.443 e. The number of nitrogens with two attached hydrogens (primary N) is 1. The second-order valence-corrected chi connectivity index (χ2v) is 53.2. The zero-order valence-corrected chi connectivity index (χ0v) is 90.6. The van der Waals surface area contributed by atoms with Gasteiger partial charge >= 0.3 is 18.3 Å². The number of carbonyl (C=O) groups is 4. The van der Waals surface area contributed by atoms with Crippen LogP contribution in [0.4, 0.5) is 31.4 Å². The summed E-state index contributed by atoms with van der Waals surface area (Å²) in [6.07, 6.45) is 8.25. The van der Waals surface area contributed by atoms with Gasteiger partial charge in [-0.05, 0) is 262 Å². The van der Waals surface area contributed by atoms with Crippen molar-refractivity contribution in [1.82, 2.24) is 38.8 Å². The lowest BCUT2D eigenvalue weighted by molar-refractivity contribution is -0.116. The second kappa shape index (κ2) is 53.7. The average Bonchev–Trinajstić information content (AvgIpc) is 1.68. The van der Waals surface area contributed by atoms with Gasteiger partial charge in [-0.1, -0.05) is 29.4 Å². The number of aliphatic hydroxyl groups excluding tert-OH is 1. The predicted octanol–water partition coefficient (Wildman–Crippen LogP) is 10.7. The summed E-state index contributed by atoms with van der Waals surface area (Å²) in [5.74, 6) is 0.0807. The number of anilines is 3. The fraction of sp³-hybridized carbons (Fsp3) is 0.494. The minimum absolute atomic E-state index is 0. The van der Waals surface area contributed by atoms with Crippen molar-refractivity contribution in [2.24, 2.45) is 9.54 Å². The number of ether oxygens (including phenoxy) is 4. The smallest absolute Gasteiger partial charge is 0.421 e. The highest BCUT2D eigenvalue weighted by Crippen LogP contribution is 2.36. The molecule has 0 radical (unpaired) electrons. The molecule has 14 rings (SSSR count). The molecule has 6 atom stereocenters. The van der Waals surface area contributed by atoms with Crippen LogP contribution in [-0.4, -0.2) is 243 Å². The summed E-state index contributed by atoms with van der Waals surface area (Å²) in [4.78, 5) is 59.6. The van der Waals surface area contributed by atoms with E-state index in [-0.39, 0.29) is 79.0 Å². The van der Waals surface area contributed by atoms with Crippen LogP contribution >= 0.6 is 15.9 Å². The first kappa shape index (κ1) is 126. The van der Waals surface area contributed by atoms with Crippen LogP contribution in [0.5, 0.6) is 0 Å². The lowest BCUT2D eigenvalue weighted by Gasteiger charge is -2.22. The minimum Gasteiger partial charge on any atom is -0.443 e. The number of nitrogens with one attached hydrogen (secondary N) is 4. The summed E-state index contributed by atoms with van der Waals surface area (Å²) in [5, 5.41) is 55.7. The topological polar surface area (TPSA) is 679 Å². The van der Waals surface area contributed by atoms with Crippen LogP contribution in [0.3, 0.4) is 0 Å². The van der Waals surface area contributed by atoms with Gasteiger partial charge in [0.2, 0.25) is 80.2 Å². The molecule has 3 amide bonds. The Morgan fingerprint density at radius 2 is 0.818 bits per heavy atom. The van der Waals surface area contributed by atoms with Gasteiger partial charge in [-0.25, -0.2) is 134 Å². The second-order valence-electron chi connectivity index (χ2n) is 35.7. The molecule has 5 fully saturated rings. The van der Waals surface area contributed by atoms with Gasteiger partial charge in [0.15, 0.2) is 0 Å². The maximum absolute atomic E-state index is 12.1. The molecule has 0 spiro atoms. The lowest BCUT2D eigenvalue weighted by atomic mass is 10.1. The first-order valence-electron chi connectivity index (χ1n) is 43.2. The number of benzene rings is 4. The number of halogens is 1. The maximum Gasteiger partial charge on any atom is 0.421 e. The molecule has 4 aromatic heterocycles. The Balaban J connectivity index is 0.000000414. The van der Waals surface area contributed by atoms with Crippen molar-refractivity contribution < 1.29 is 119 Å². The number of nitriles is 4. The van der Waals surface area contributed by atoms with E-state index in [9.17, 15) is 94.9 Å². The van der Waals surface area contributed by atoms with E-state index >= 15 is 0 Å². The Morgan fingerprint density at radius 1 is 0.517 bits per heavy atom. The molecular weight excluding hydrogens is 2110 g/mol. The van der Waals surface area contributed by atoms with Crippen LogP contribution in [-0.2, 0) is 114 Å². The quantitative estimate of drug-likeness (QED) is 0.0489. The summed E-state index contributed by atoms with van der Waals surface area (Å²) in [5.41, 5.74) is 2.02. The molecule has 4 aromatic carbocycles. The maximum atomic E-state index is 12.1. The fourth-order valence-electron chi connectivity index (χ4n) is 12.6. The Labute approximate surface area is 846 Å². The molecule has 788 valence electrons. The van der Waals surface area contributed by atoms with Gasteiger partial charge in [-0.3, -0.25) is 17.7 Å². The third-order valence-corrected chi connectivity index (χ3v) is 30.9. The Bertz CT molecular complexity index is 6840. The molecule has 0 bridgehead atoms. The molecule has 143 heavy (non-hydrogen) atoms. The first-order chi connectivity index (χ1) is 65.1. The van der Waals surface area contributed by atoms with Crippen molar-refractivity contribution in [2.75, 3.05) is 72.3 Å². The number of hydrogen-bond acceptors (Lipinski definition) is 35. The lowest BCUT2D eigenvalue weighted by Crippen LogP contribution is -2.37. The summed E-state index contributed by atoms with van der Waals surface area (Å²) in [6.45, 7) is 29.8. The molecule has 0 saturated carbocycles. The molecular formula is C89H124BrN17O27S9.